The van der Waals surface area contributed by atoms with Gasteiger partial charge in [-0.3, -0.25) is 0 Å². The van der Waals surface area contributed by atoms with Crippen LogP contribution in [0.1, 0.15) is 86.5 Å². The standard InChI is InChI=1S/C18H36O2/c1-17(2,3)12-10-15(11-13-18(4,5)6)20-16-9-7-8-14-19-16/h15-16H,7-14H2,1-6H3. The molecule has 1 aliphatic rings. The first-order chi connectivity index (χ1) is 9.16. The number of hydrogen-bond donors (Lipinski definition) is 0. The van der Waals surface area contributed by atoms with E-state index in [9.17, 15) is 0 Å². The molecule has 20 heavy (non-hydrogen) atoms. The van der Waals surface area contributed by atoms with Gasteiger partial charge in [-0.15, -0.1) is 0 Å². The molecule has 1 heterocycles. The van der Waals surface area contributed by atoms with Gasteiger partial charge in [0.25, 0.3) is 0 Å². The lowest BCUT2D eigenvalue weighted by molar-refractivity contribution is -0.192. The van der Waals surface area contributed by atoms with Crippen LogP contribution >= 0.6 is 0 Å². The Bertz CT molecular complexity index is 236. The third-order valence-corrected chi connectivity index (χ3v) is 3.91. The van der Waals surface area contributed by atoms with E-state index in [1.54, 1.807) is 0 Å². The fourth-order valence-electron chi connectivity index (χ4n) is 2.50. The third kappa shape index (κ3) is 8.97. The normalized spacial score (nSPS) is 21.4. The molecule has 1 aliphatic heterocycles. The first-order valence-corrected chi connectivity index (χ1v) is 8.43. The van der Waals surface area contributed by atoms with Crippen LogP contribution < -0.4 is 0 Å². The molecule has 1 fully saturated rings. The Balaban J connectivity index is 2.44. The van der Waals surface area contributed by atoms with Crippen molar-refractivity contribution in [3.05, 3.63) is 0 Å². The third-order valence-electron chi connectivity index (χ3n) is 3.91. The molecule has 0 saturated carbocycles. The summed E-state index contributed by atoms with van der Waals surface area (Å²) in [6, 6.07) is 0. The van der Waals surface area contributed by atoms with E-state index < -0.39 is 0 Å². The largest absolute Gasteiger partial charge is 0.353 e. The summed E-state index contributed by atoms with van der Waals surface area (Å²) in [5.74, 6) is 0. The summed E-state index contributed by atoms with van der Waals surface area (Å²) in [5, 5.41) is 0. The summed E-state index contributed by atoms with van der Waals surface area (Å²) in [6.07, 6.45) is 8.65. The molecule has 0 aromatic carbocycles. The Hall–Kier alpha value is -0.0800. The average Bonchev–Trinajstić information content (AvgIpc) is 2.32. The van der Waals surface area contributed by atoms with Gasteiger partial charge in [-0.1, -0.05) is 41.5 Å². The molecule has 0 spiro atoms. The van der Waals surface area contributed by atoms with Crippen molar-refractivity contribution in [2.45, 2.75) is 98.9 Å². The lowest BCUT2D eigenvalue weighted by atomic mass is 9.85. The minimum Gasteiger partial charge on any atom is -0.353 e. The lowest BCUT2D eigenvalue weighted by Gasteiger charge is -2.31. The summed E-state index contributed by atoms with van der Waals surface area (Å²) in [5.41, 5.74) is 0.771. The van der Waals surface area contributed by atoms with Gasteiger partial charge in [0.05, 0.1) is 6.10 Å². The van der Waals surface area contributed by atoms with Gasteiger partial charge >= 0.3 is 0 Å². The smallest absolute Gasteiger partial charge is 0.157 e. The van der Waals surface area contributed by atoms with Crippen LogP contribution in [0.15, 0.2) is 0 Å². The van der Waals surface area contributed by atoms with Gasteiger partial charge in [-0.2, -0.15) is 0 Å². The molecule has 1 atom stereocenters. The fourth-order valence-corrected chi connectivity index (χ4v) is 2.50. The van der Waals surface area contributed by atoms with Gasteiger partial charge in [-0.05, 0) is 55.8 Å². The van der Waals surface area contributed by atoms with Crippen molar-refractivity contribution in [1.82, 2.24) is 0 Å². The highest BCUT2D eigenvalue weighted by Crippen LogP contribution is 2.29. The van der Waals surface area contributed by atoms with E-state index in [-0.39, 0.29) is 6.29 Å². The molecule has 0 N–H and O–H groups in total. The first-order valence-electron chi connectivity index (χ1n) is 8.43. The van der Waals surface area contributed by atoms with Gasteiger partial charge in [-0.25, -0.2) is 0 Å². The predicted molar refractivity (Wildman–Crippen MR) is 85.8 cm³/mol. The molecular weight excluding hydrogens is 248 g/mol. The summed E-state index contributed by atoms with van der Waals surface area (Å²) >= 11 is 0. The molecule has 2 heteroatoms. The van der Waals surface area contributed by atoms with Crippen LogP contribution in [0, 0.1) is 10.8 Å². The summed E-state index contributed by atoms with van der Waals surface area (Å²) in [4.78, 5) is 0. The van der Waals surface area contributed by atoms with Crippen LogP contribution in [0.5, 0.6) is 0 Å². The van der Waals surface area contributed by atoms with E-state index >= 15 is 0 Å². The molecule has 0 radical (unpaired) electrons. The van der Waals surface area contributed by atoms with Crippen molar-refractivity contribution in [2.24, 2.45) is 10.8 Å². The molecule has 1 saturated heterocycles. The zero-order valence-electron chi connectivity index (χ0n) is 14.6. The van der Waals surface area contributed by atoms with E-state index in [4.69, 9.17) is 9.47 Å². The summed E-state index contributed by atoms with van der Waals surface area (Å²) < 4.78 is 12.0. The van der Waals surface area contributed by atoms with E-state index in [0.29, 0.717) is 16.9 Å². The van der Waals surface area contributed by atoms with Crippen LogP contribution in [0.4, 0.5) is 0 Å². The van der Waals surface area contributed by atoms with E-state index in [1.807, 2.05) is 0 Å². The highest BCUT2D eigenvalue weighted by Gasteiger charge is 2.23. The summed E-state index contributed by atoms with van der Waals surface area (Å²) in [6.45, 7) is 14.7. The van der Waals surface area contributed by atoms with Crippen molar-refractivity contribution >= 4 is 0 Å². The number of ether oxygens (including phenoxy) is 2. The van der Waals surface area contributed by atoms with Crippen molar-refractivity contribution in [2.75, 3.05) is 6.61 Å². The van der Waals surface area contributed by atoms with Crippen LogP contribution in [-0.2, 0) is 9.47 Å². The van der Waals surface area contributed by atoms with Crippen LogP contribution in [0.25, 0.3) is 0 Å². The molecule has 1 rings (SSSR count). The SMILES string of the molecule is CC(C)(C)CCC(CCC(C)(C)C)OC1CCCCO1. The monoisotopic (exact) mass is 284 g/mol. The number of rotatable bonds is 6. The Morgan fingerprint density at radius 1 is 0.950 bits per heavy atom. The topological polar surface area (TPSA) is 18.5 Å². The zero-order chi connectivity index (χ0) is 15.2. The molecule has 0 amide bonds. The van der Waals surface area contributed by atoms with Crippen molar-refractivity contribution in [1.29, 1.82) is 0 Å². The highest BCUT2D eigenvalue weighted by molar-refractivity contribution is 4.71. The first kappa shape index (κ1) is 18.0. The summed E-state index contributed by atoms with van der Waals surface area (Å²) in [7, 11) is 0. The van der Waals surface area contributed by atoms with Gasteiger partial charge < -0.3 is 9.47 Å². The van der Waals surface area contributed by atoms with Crippen LogP contribution in [0.3, 0.4) is 0 Å². The second kappa shape index (κ2) is 7.79. The van der Waals surface area contributed by atoms with Crippen LogP contribution in [-0.4, -0.2) is 19.0 Å². The van der Waals surface area contributed by atoms with Gasteiger partial charge in [0.1, 0.15) is 0 Å². The molecule has 120 valence electrons. The lowest BCUT2D eigenvalue weighted by Crippen LogP contribution is -2.29. The average molecular weight is 284 g/mol. The predicted octanol–water partition coefficient (Wildman–Crippen LogP) is 5.55. The van der Waals surface area contributed by atoms with Gasteiger partial charge in [0.2, 0.25) is 0 Å². The molecular formula is C18H36O2. The quantitative estimate of drug-likeness (QED) is 0.636. The minimum atomic E-state index is 0.0497. The van der Waals surface area contributed by atoms with Crippen molar-refractivity contribution < 1.29 is 9.47 Å². The highest BCUT2D eigenvalue weighted by atomic mass is 16.7. The van der Waals surface area contributed by atoms with Gasteiger partial charge in [0.15, 0.2) is 6.29 Å². The molecule has 2 nitrogen and oxygen atoms in total. The molecule has 1 unspecified atom stereocenters. The Morgan fingerprint density at radius 2 is 1.50 bits per heavy atom. The van der Waals surface area contributed by atoms with E-state index in [2.05, 4.69) is 41.5 Å². The Morgan fingerprint density at radius 3 is 1.90 bits per heavy atom. The maximum Gasteiger partial charge on any atom is 0.157 e. The molecule has 0 aliphatic carbocycles. The van der Waals surface area contributed by atoms with Crippen molar-refractivity contribution in [3.8, 4) is 0 Å². The maximum atomic E-state index is 6.26. The molecule has 0 aromatic rings. The Kier molecular flexibility index (Phi) is 7.00. The second-order valence-electron chi connectivity index (χ2n) is 8.75. The maximum absolute atomic E-state index is 6.26. The minimum absolute atomic E-state index is 0.0497. The van der Waals surface area contributed by atoms with Crippen molar-refractivity contribution in [3.63, 3.8) is 0 Å². The Labute approximate surface area is 126 Å². The number of hydrogen-bond acceptors (Lipinski definition) is 2. The zero-order valence-corrected chi connectivity index (χ0v) is 14.6. The second-order valence-corrected chi connectivity index (χ2v) is 8.75. The fraction of sp³-hybridized carbons (Fsp3) is 1.00. The van der Waals surface area contributed by atoms with Crippen LogP contribution in [0.2, 0.25) is 0 Å². The van der Waals surface area contributed by atoms with E-state index in [1.165, 1.54) is 25.7 Å². The van der Waals surface area contributed by atoms with Gasteiger partial charge in [0, 0.05) is 6.61 Å². The molecule has 0 bridgehead atoms. The molecule has 0 aromatic heterocycles. The van der Waals surface area contributed by atoms with E-state index in [0.717, 1.165) is 25.9 Å².